The maximum Gasteiger partial charge on any atom is 0.248 e. The number of nitrogens with two attached hydrogens (primary N) is 1. The molecule has 5 heteroatoms. The summed E-state index contributed by atoms with van der Waals surface area (Å²) in [6, 6.07) is 0.151. The van der Waals surface area contributed by atoms with E-state index in [-0.39, 0.29) is 11.9 Å². The molecule has 0 radical (unpaired) electrons. The Kier molecular flexibility index (Phi) is 3.02. The molecule has 0 aromatic carbocycles. The number of aromatic nitrogens is 2. The molecule has 0 bridgehead atoms. The molecule has 13 heavy (non-hydrogen) atoms. The molecule has 0 aliphatic rings. The van der Waals surface area contributed by atoms with E-state index < -0.39 is 0 Å². The molecule has 0 aliphatic heterocycles. The van der Waals surface area contributed by atoms with E-state index in [1.807, 2.05) is 14.0 Å². The van der Waals surface area contributed by atoms with Crippen LogP contribution in [-0.4, -0.2) is 28.8 Å². The Bertz CT molecular complexity index is 294. The predicted molar refractivity (Wildman–Crippen MR) is 50.4 cm³/mol. The highest BCUT2D eigenvalue weighted by Crippen LogP contribution is 2.00. The van der Waals surface area contributed by atoms with Crippen LogP contribution in [0.2, 0.25) is 0 Å². The second-order valence-corrected chi connectivity index (χ2v) is 3.01. The summed E-state index contributed by atoms with van der Waals surface area (Å²) < 4.78 is 1.27. The molecule has 0 aliphatic carbocycles. The minimum Gasteiger partial charge on any atom is -0.396 e. The van der Waals surface area contributed by atoms with E-state index >= 15 is 0 Å². The SMILES string of the molecule is CNC(C)CC(=O)n1cc(N)cn1. The monoisotopic (exact) mass is 182 g/mol. The van der Waals surface area contributed by atoms with Gasteiger partial charge in [-0.2, -0.15) is 5.10 Å². The molecule has 0 saturated heterocycles. The molecule has 0 saturated carbocycles. The van der Waals surface area contributed by atoms with E-state index in [2.05, 4.69) is 10.4 Å². The Morgan fingerprint density at radius 3 is 3.00 bits per heavy atom. The van der Waals surface area contributed by atoms with E-state index in [0.717, 1.165) is 0 Å². The molecule has 5 nitrogen and oxygen atoms in total. The van der Waals surface area contributed by atoms with Crippen LogP contribution in [0, 0.1) is 0 Å². The Labute approximate surface area is 76.9 Å². The normalized spacial score (nSPS) is 12.8. The Hall–Kier alpha value is -1.36. The Morgan fingerprint density at radius 1 is 1.85 bits per heavy atom. The first-order valence-corrected chi connectivity index (χ1v) is 4.14. The van der Waals surface area contributed by atoms with Crippen LogP contribution in [-0.2, 0) is 0 Å². The quantitative estimate of drug-likeness (QED) is 0.695. The molecule has 1 atom stereocenters. The summed E-state index contributed by atoms with van der Waals surface area (Å²) in [7, 11) is 1.81. The largest absolute Gasteiger partial charge is 0.396 e. The number of carbonyl (C=O) groups excluding carboxylic acids is 1. The van der Waals surface area contributed by atoms with E-state index in [1.165, 1.54) is 17.1 Å². The maximum absolute atomic E-state index is 11.4. The second kappa shape index (κ2) is 4.04. The zero-order valence-corrected chi connectivity index (χ0v) is 7.82. The number of nitrogens with zero attached hydrogens (tertiary/aromatic N) is 2. The second-order valence-electron chi connectivity index (χ2n) is 3.01. The summed E-state index contributed by atoms with van der Waals surface area (Å²) in [6.45, 7) is 1.94. The van der Waals surface area contributed by atoms with Gasteiger partial charge in [0.05, 0.1) is 18.1 Å². The first-order chi connectivity index (χ1) is 6.13. The lowest BCUT2D eigenvalue weighted by molar-refractivity contribution is 0.0876. The van der Waals surface area contributed by atoms with Gasteiger partial charge in [0.25, 0.3) is 0 Å². The zero-order chi connectivity index (χ0) is 9.84. The van der Waals surface area contributed by atoms with Gasteiger partial charge in [0, 0.05) is 12.5 Å². The molecule has 3 N–H and O–H groups in total. The van der Waals surface area contributed by atoms with Crippen molar-refractivity contribution in [3.63, 3.8) is 0 Å². The molecule has 1 aromatic heterocycles. The topological polar surface area (TPSA) is 72.9 Å². The summed E-state index contributed by atoms with van der Waals surface area (Å²) in [5, 5.41) is 6.80. The van der Waals surface area contributed by atoms with Gasteiger partial charge in [-0.25, -0.2) is 4.68 Å². The Morgan fingerprint density at radius 2 is 2.54 bits per heavy atom. The van der Waals surface area contributed by atoms with Crippen LogP contribution in [0.4, 0.5) is 5.69 Å². The average Bonchev–Trinajstić information content (AvgIpc) is 2.51. The van der Waals surface area contributed by atoms with Crippen LogP contribution in [0.5, 0.6) is 0 Å². The molecule has 1 rings (SSSR count). The third kappa shape index (κ3) is 2.55. The number of nitrogen functional groups attached to an aromatic ring is 1. The molecule has 0 amide bonds. The van der Waals surface area contributed by atoms with Gasteiger partial charge in [0.1, 0.15) is 0 Å². The highest BCUT2D eigenvalue weighted by Gasteiger charge is 2.09. The molecule has 1 heterocycles. The van der Waals surface area contributed by atoms with Crippen molar-refractivity contribution in [1.82, 2.24) is 15.1 Å². The number of rotatable bonds is 3. The van der Waals surface area contributed by atoms with E-state index in [0.29, 0.717) is 12.1 Å². The average molecular weight is 182 g/mol. The minimum absolute atomic E-state index is 0.0569. The van der Waals surface area contributed by atoms with Gasteiger partial charge < -0.3 is 11.1 Å². The molecule has 0 spiro atoms. The van der Waals surface area contributed by atoms with Crippen molar-refractivity contribution in [2.24, 2.45) is 0 Å². The third-order valence-electron chi connectivity index (χ3n) is 1.83. The lowest BCUT2D eigenvalue weighted by Crippen LogP contribution is -2.27. The van der Waals surface area contributed by atoms with E-state index in [4.69, 9.17) is 5.73 Å². The Balaban J connectivity index is 2.58. The van der Waals surface area contributed by atoms with E-state index in [1.54, 1.807) is 0 Å². The summed E-state index contributed by atoms with van der Waals surface area (Å²) in [5.74, 6) is -0.0569. The molecule has 72 valence electrons. The number of hydrogen-bond donors (Lipinski definition) is 2. The summed E-state index contributed by atoms with van der Waals surface area (Å²) in [5.41, 5.74) is 5.93. The number of hydrogen-bond acceptors (Lipinski definition) is 4. The summed E-state index contributed by atoms with van der Waals surface area (Å²) in [6.07, 6.45) is 3.39. The molecule has 1 unspecified atom stereocenters. The maximum atomic E-state index is 11.4. The van der Waals surface area contributed by atoms with Crippen molar-refractivity contribution >= 4 is 11.6 Å². The van der Waals surface area contributed by atoms with Crippen molar-refractivity contribution in [2.75, 3.05) is 12.8 Å². The summed E-state index contributed by atoms with van der Waals surface area (Å²) >= 11 is 0. The van der Waals surface area contributed by atoms with Crippen molar-refractivity contribution in [3.8, 4) is 0 Å². The van der Waals surface area contributed by atoms with Crippen molar-refractivity contribution in [2.45, 2.75) is 19.4 Å². The van der Waals surface area contributed by atoms with Gasteiger partial charge in [0.15, 0.2) is 0 Å². The smallest absolute Gasteiger partial charge is 0.248 e. The van der Waals surface area contributed by atoms with Gasteiger partial charge in [-0.3, -0.25) is 4.79 Å². The van der Waals surface area contributed by atoms with Crippen molar-refractivity contribution in [1.29, 1.82) is 0 Å². The van der Waals surface area contributed by atoms with Crippen LogP contribution in [0.15, 0.2) is 12.4 Å². The van der Waals surface area contributed by atoms with Crippen LogP contribution in [0.3, 0.4) is 0 Å². The van der Waals surface area contributed by atoms with Crippen LogP contribution in [0.25, 0.3) is 0 Å². The standard InChI is InChI=1S/C8H14N4O/c1-6(10-2)3-8(13)12-5-7(9)4-11-12/h4-6,10H,3,9H2,1-2H3. The third-order valence-corrected chi connectivity index (χ3v) is 1.83. The highest BCUT2D eigenvalue weighted by atomic mass is 16.2. The highest BCUT2D eigenvalue weighted by molar-refractivity contribution is 5.79. The lowest BCUT2D eigenvalue weighted by Gasteiger charge is -2.07. The fraction of sp³-hybridized carbons (Fsp3) is 0.500. The van der Waals surface area contributed by atoms with Gasteiger partial charge in [0.2, 0.25) is 5.91 Å². The van der Waals surface area contributed by atoms with Gasteiger partial charge >= 0.3 is 0 Å². The molecular formula is C8H14N4O. The number of anilines is 1. The molecule has 1 aromatic rings. The fourth-order valence-electron chi connectivity index (χ4n) is 0.931. The zero-order valence-electron chi connectivity index (χ0n) is 7.82. The van der Waals surface area contributed by atoms with Gasteiger partial charge in [-0.1, -0.05) is 0 Å². The lowest BCUT2D eigenvalue weighted by atomic mass is 10.2. The molecular weight excluding hydrogens is 168 g/mol. The van der Waals surface area contributed by atoms with E-state index in [9.17, 15) is 4.79 Å². The van der Waals surface area contributed by atoms with Crippen molar-refractivity contribution in [3.05, 3.63) is 12.4 Å². The first kappa shape index (κ1) is 9.73. The van der Waals surface area contributed by atoms with Gasteiger partial charge in [-0.05, 0) is 14.0 Å². The number of carbonyl (C=O) groups is 1. The van der Waals surface area contributed by atoms with Crippen LogP contribution in [0.1, 0.15) is 18.1 Å². The first-order valence-electron chi connectivity index (χ1n) is 4.14. The summed E-state index contributed by atoms with van der Waals surface area (Å²) in [4.78, 5) is 11.4. The predicted octanol–water partition coefficient (Wildman–Crippen LogP) is 0.103. The molecule has 0 fully saturated rings. The fourth-order valence-corrected chi connectivity index (χ4v) is 0.931. The minimum atomic E-state index is -0.0569. The van der Waals surface area contributed by atoms with Crippen LogP contribution < -0.4 is 11.1 Å². The van der Waals surface area contributed by atoms with Gasteiger partial charge in [-0.15, -0.1) is 0 Å². The number of nitrogens with one attached hydrogen (secondary N) is 1. The van der Waals surface area contributed by atoms with Crippen LogP contribution >= 0.6 is 0 Å². The van der Waals surface area contributed by atoms with Crippen molar-refractivity contribution < 1.29 is 4.79 Å².